The highest BCUT2D eigenvalue weighted by Crippen LogP contribution is 2.30. The lowest BCUT2D eigenvalue weighted by Gasteiger charge is -2.12. The van der Waals surface area contributed by atoms with Gasteiger partial charge in [-0.2, -0.15) is 0 Å². The number of aryl methyl sites for hydroxylation is 2. The van der Waals surface area contributed by atoms with Crippen LogP contribution >= 0.6 is 39.0 Å². The summed E-state index contributed by atoms with van der Waals surface area (Å²) in [4.78, 5) is 16.8. The third kappa shape index (κ3) is 3.94. The normalized spacial score (nSPS) is 10.9. The van der Waals surface area contributed by atoms with Crippen LogP contribution in [0.2, 0.25) is 0 Å². The number of halogens is 1. The molecule has 0 spiro atoms. The SMILES string of the molecule is Cc1cc(Br)cc(C)c1NC(=O)CSc1nc2ccccc2s1. The number of carbonyl (C=O) groups is 1. The Morgan fingerprint density at radius 2 is 1.96 bits per heavy atom. The van der Waals surface area contributed by atoms with E-state index in [1.165, 1.54) is 11.8 Å². The number of hydrogen-bond donors (Lipinski definition) is 1. The number of benzene rings is 2. The minimum absolute atomic E-state index is 0.0113. The number of nitrogens with zero attached hydrogens (tertiary/aromatic N) is 1. The molecule has 0 bridgehead atoms. The molecule has 0 unspecified atom stereocenters. The molecule has 0 saturated carbocycles. The van der Waals surface area contributed by atoms with E-state index in [9.17, 15) is 4.79 Å². The number of hydrogen-bond acceptors (Lipinski definition) is 4. The molecule has 3 rings (SSSR count). The second-order valence-corrected chi connectivity index (χ2v) is 8.37. The molecule has 1 heterocycles. The van der Waals surface area contributed by atoms with E-state index in [1.54, 1.807) is 11.3 Å². The van der Waals surface area contributed by atoms with Crippen LogP contribution in [0.5, 0.6) is 0 Å². The third-order valence-electron chi connectivity index (χ3n) is 3.36. The molecule has 0 aliphatic heterocycles. The third-order valence-corrected chi connectivity index (χ3v) is 6.00. The molecule has 0 fully saturated rings. The van der Waals surface area contributed by atoms with E-state index in [0.29, 0.717) is 5.75 Å². The Balaban J connectivity index is 1.66. The molecule has 23 heavy (non-hydrogen) atoms. The second-order valence-electron chi connectivity index (χ2n) is 5.20. The average Bonchev–Trinajstić information content (AvgIpc) is 2.91. The van der Waals surface area contributed by atoms with Crippen LogP contribution in [0, 0.1) is 13.8 Å². The summed E-state index contributed by atoms with van der Waals surface area (Å²) < 4.78 is 3.09. The van der Waals surface area contributed by atoms with E-state index in [1.807, 2.05) is 50.2 Å². The molecule has 6 heteroatoms. The topological polar surface area (TPSA) is 42.0 Å². The molecule has 0 atom stereocenters. The Hall–Kier alpha value is -1.37. The molecular formula is C17H15BrN2OS2. The average molecular weight is 407 g/mol. The lowest BCUT2D eigenvalue weighted by molar-refractivity contribution is -0.113. The summed E-state index contributed by atoms with van der Waals surface area (Å²) >= 11 is 6.56. The Bertz CT molecular complexity index is 820. The van der Waals surface area contributed by atoms with Crippen molar-refractivity contribution in [3.05, 3.63) is 52.0 Å². The Morgan fingerprint density at radius 3 is 2.65 bits per heavy atom. The van der Waals surface area contributed by atoms with Crippen molar-refractivity contribution in [3.8, 4) is 0 Å². The summed E-state index contributed by atoms with van der Waals surface area (Å²) in [6.07, 6.45) is 0. The lowest BCUT2D eigenvalue weighted by Crippen LogP contribution is -2.15. The molecule has 1 amide bonds. The maximum absolute atomic E-state index is 12.2. The highest BCUT2D eigenvalue weighted by Gasteiger charge is 2.11. The summed E-state index contributed by atoms with van der Waals surface area (Å²) in [5, 5.41) is 3.01. The fourth-order valence-corrected chi connectivity index (χ4v) is 4.88. The zero-order chi connectivity index (χ0) is 16.4. The summed E-state index contributed by atoms with van der Waals surface area (Å²) in [5.74, 6) is 0.345. The first kappa shape index (κ1) is 16.5. The summed E-state index contributed by atoms with van der Waals surface area (Å²) in [5.41, 5.74) is 3.98. The highest BCUT2D eigenvalue weighted by atomic mass is 79.9. The van der Waals surface area contributed by atoms with E-state index in [2.05, 4.69) is 26.2 Å². The van der Waals surface area contributed by atoms with Crippen LogP contribution in [-0.2, 0) is 4.79 Å². The van der Waals surface area contributed by atoms with Crippen molar-refractivity contribution in [1.29, 1.82) is 0 Å². The number of anilines is 1. The zero-order valence-electron chi connectivity index (χ0n) is 12.7. The predicted octanol–water partition coefficient (Wildman–Crippen LogP) is 5.41. The van der Waals surface area contributed by atoms with E-state index < -0.39 is 0 Å². The van der Waals surface area contributed by atoms with Gasteiger partial charge in [0.1, 0.15) is 0 Å². The van der Waals surface area contributed by atoms with Gasteiger partial charge in [-0.3, -0.25) is 4.79 Å². The minimum atomic E-state index is -0.0113. The van der Waals surface area contributed by atoms with Crippen LogP contribution in [0.15, 0.2) is 45.2 Å². The van der Waals surface area contributed by atoms with Gasteiger partial charge in [-0.15, -0.1) is 11.3 Å². The lowest BCUT2D eigenvalue weighted by atomic mass is 10.1. The maximum atomic E-state index is 12.2. The van der Waals surface area contributed by atoms with Crippen molar-refractivity contribution in [2.75, 3.05) is 11.1 Å². The molecule has 2 aromatic carbocycles. The van der Waals surface area contributed by atoms with Gasteiger partial charge < -0.3 is 5.32 Å². The molecule has 0 saturated heterocycles. The standard InChI is InChI=1S/C17H15BrN2OS2/c1-10-7-12(18)8-11(2)16(10)20-15(21)9-22-17-19-13-5-3-4-6-14(13)23-17/h3-8H,9H2,1-2H3,(H,20,21). The van der Waals surface area contributed by atoms with Gasteiger partial charge in [0.25, 0.3) is 0 Å². The minimum Gasteiger partial charge on any atom is -0.325 e. The van der Waals surface area contributed by atoms with Gasteiger partial charge in [0, 0.05) is 10.2 Å². The number of amides is 1. The molecule has 0 aliphatic carbocycles. The van der Waals surface area contributed by atoms with Crippen LogP contribution in [-0.4, -0.2) is 16.6 Å². The smallest absolute Gasteiger partial charge is 0.234 e. The molecule has 0 radical (unpaired) electrons. The number of rotatable bonds is 4. The number of para-hydroxylation sites is 1. The van der Waals surface area contributed by atoms with Crippen molar-refractivity contribution in [3.63, 3.8) is 0 Å². The number of thiazole rings is 1. The van der Waals surface area contributed by atoms with Crippen LogP contribution in [0.3, 0.4) is 0 Å². The van der Waals surface area contributed by atoms with Crippen molar-refractivity contribution in [2.45, 2.75) is 18.2 Å². The van der Waals surface area contributed by atoms with Gasteiger partial charge in [0.05, 0.1) is 16.0 Å². The molecule has 1 aromatic heterocycles. The molecule has 1 N–H and O–H groups in total. The Labute approximate surface area is 151 Å². The van der Waals surface area contributed by atoms with Crippen molar-refractivity contribution < 1.29 is 4.79 Å². The number of aromatic nitrogens is 1. The molecule has 3 nitrogen and oxygen atoms in total. The zero-order valence-corrected chi connectivity index (χ0v) is 15.9. The van der Waals surface area contributed by atoms with Crippen LogP contribution in [0.4, 0.5) is 5.69 Å². The van der Waals surface area contributed by atoms with Crippen molar-refractivity contribution >= 4 is 60.8 Å². The largest absolute Gasteiger partial charge is 0.325 e. The van der Waals surface area contributed by atoms with Gasteiger partial charge in [0.15, 0.2) is 4.34 Å². The monoisotopic (exact) mass is 406 g/mol. The number of thioether (sulfide) groups is 1. The second kappa shape index (κ2) is 7.03. The summed E-state index contributed by atoms with van der Waals surface area (Å²) in [6.45, 7) is 3.99. The maximum Gasteiger partial charge on any atom is 0.234 e. The molecule has 0 aliphatic rings. The Kier molecular flexibility index (Phi) is 5.04. The van der Waals surface area contributed by atoms with E-state index in [-0.39, 0.29) is 5.91 Å². The van der Waals surface area contributed by atoms with Crippen LogP contribution in [0.1, 0.15) is 11.1 Å². The first-order chi connectivity index (χ1) is 11.0. The predicted molar refractivity (Wildman–Crippen MR) is 103 cm³/mol. The summed E-state index contributed by atoms with van der Waals surface area (Å²) in [6, 6.07) is 12.0. The Morgan fingerprint density at radius 1 is 1.26 bits per heavy atom. The fourth-order valence-electron chi connectivity index (χ4n) is 2.32. The number of fused-ring (bicyclic) bond motifs is 1. The molecule has 3 aromatic rings. The first-order valence-electron chi connectivity index (χ1n) is 7.08. The van der Waals surface area contributed by atoms with Crippen molar-refractivity contribution in [2.24, 2.45) is 0 Å². The molecule has 118 valence electrons. The van der Waals surface area contributed by atoms with E-state index >= 15 is 0 Å². The van der Waals surface area contributed by atoms with Gasteiger partial charge in [-0.25, -0.2) is 4.98 Å². The molecular weight excluding hydrogens is 392 g/mol. The first-order valence-corrected chi connectivity index (χ1v) is 9.67. The van der Waals surface area contributed by atoms with Crippen LogP contribution in [0.25, 0.3) is 10.2 Å². The van der Waals surface area contributed by atoms with Gasteiger partial charge >= 0.3 is 0 Å². The fraction of sp³-hybridized carbons (Fsp3) is 0.176. The van der Waals surface area contributed by atoms with Gasteiger partial charge in [-0.05, 0) is 49.2 Å². The number of nitrogens with one attached hydrogen (secondary N) is 1. The van der Waals surface area contributed by atoms with Crippen LogP contribution < -0.4 is 5.32 Å². The van der Waals surface area contributed by atoms with Gasteiger partial charge in [-0.1, -0.05) is 39.8 Å². The van der Waals surface area contributed by atoms with E-state index in [4.69, 9.17) is 0 Å². The van der Waals surface area contributed by atoms with Crippen molar-refractivity contribution in [1.82, 2.24) is 4.98 Å². The quantitative estimate of drug-likeness (QED) is 0.589. The summed E-state index contributed by atoms with van der Waals surface area (Å²) in [7, 11) is 0. The van der Waals surface area contributed by atoms with Gasteiger partial charge in [0.2, 0.25) is 5.91 Å². The highest BCUT2D eigenvalue weighted by molar-refractivity contribution is 9.10. The van der Waals surface area contributed by atoms with E-state index in [0.717, 1.165) is 35.8 Å². The number of carbonyl (C=O) groups excluding carboxylic acids is 1.